The molecule has 1 aromatic heterocycles. The fourth-order valence-electron chi connectivity index (χ4n) is 1.53. The first-order valence-corrected chi connectivity index (χ1v) is 6.73. The number of halogens is 2. The lowest BCUT2D eigenvalue weighted by atomic mass is 10.2. The summed E-state index contributed by atoms with van der Waals surface area (Å²) in [5.41, 5.74) is 1.59. The van der Waals surface area contributed by atoms with Gasteiger partial charge in [-0.1, -0.05) is 0 Å². The molecular weight excluding hydrogens is 388 g/mol. The van der Waals surface area contributed by atoms with E-state index in [1.165, 1.54) is 0 Å². The van der Waals surface area contributed by atoms with Gasteiger partial charge in [-0.3, -0.25) is 0 Å². The summed E-state index contributed by atoms with van der Waals surface area (Å²) in [4.78, 5) is 7.11. The fraction of sp³-hybridized carbons (Fsp3) is 0. The second-order valence-corrected chi connectivity index (χ2v) is 5.20. The Morgan fingerprint density at radius 1 is 1.20 bits per heavy atom. The third-order valence-corrected chi connectivity index (χ3v) is 3.84. The highest BCUT2D eigenvalue weighted by atomic mass is 79.9. The second-order valence-electron chi connectivity index (χ2n) is 3.56. The lowest BCUT2D eigenvalue weighted by molar-refractivity contribution is 1.34. The monoisotopic (exact) mass is 390 g/mol. The van der Waals surface area contributed by atoms with E-state index < -0.39 is 0 Å². The van der Waals surface area contributed by atoms with Crippen LogP contribution in [0, 0.1) is 34.0 Å². The van der Waals surface area contributed by atoms with E-state index in [4.69, 9.17) is 15.8 Å². The topological polar surface area (TPSA) is 112 Å². The van der Waals surface area contributed by atoms with Crippen molar-refractivity contribution >= 4 is 48.6 Å². The minimum Gasteiger partial charge on any atom is -0.345 e. The highest BCUT2D eigenvalue weighted by Gasteiger charge is 2.15. The largest absolute Gasteiger partial charge is 0.345 e. The number of aromatic nitrogens is 2. The lowest BCUT2D eigenvalue weighted by Gasteiger charge is -2.10. The van der Waals surface area contributed by atoms with Gasteiger partial charge in [0.05, 0.1) is 22.0 Å². The smallest absolute Gasteiger partial charge is 0.163 e. The van der Waals surface area contributed by atoms with Crippen molar-refractivity contribution in [2.45, 2.75) is 0 Å². The van der Waals surface area contributed by atoms with E-state index in [9.17, 15) is 0 Å². The fourth-order valence-corrected chi connectivity index (χ4v) is 2.96. The third-order valence-electron chi connectivity index (χ3n) is 2.44. The van der Waals surface area contributed by atoms with E-state index in [0.29, 0.717) is 20.1 Å². The molecule has 8 heteroatoms. The van der Waals surface area contributed by atoms with Crippen LogP contribution >= 0.6 is 31.9 Å². The first-order valence-electron chi connectivity index (χ1n) is 5.15. The number of hydrogen-bond donors (Lipinski definition) is 2. The third kappa shape index (κ3) is 2.37. The first kappa shape index (κ1) is 14.1. The molecule has 0 radical (unpaired) electrons. The molecule has 0 atom stereocenters. The normalized spacial score (nSPS) is 9.35. The van der Waals surface area contributed by atoms with Gasteiger partial charge in [0.1, 0.15) is 29.4 Å². The molecule has 0 aliphatic heterocycles. The minimum absolute atomic E-state index is 0.119. The van der Waals surface area contributed by atoms with Crippen LogP contribution in [0.15, 0.2) is 32.6 Å². The van der Waals surface area contributed by atoms with Crippen LogP contribution in [-0.4, -0.2) is 9.97 Å². The number of aromatic amines is 1. The summed E-state index contributed by atoms with van der Waals surface area (Å²) in [5, 5.41) is 29.5. The zero-order valence-corrected chi connectivity index (χ0v) is 12.9. The van der Waals surface area contributed by atoms with Crippen LogP contribution in [-0.2, 0) is 0 Å². The molecule has 2 N–H and O–H groups in total. The van der Waals surface area contributed by atoms with Crippen LogP contribution in [0.2, 0.25) is 0 Å². The number of H-pyrrole nitrogens is 1. The number of imidazole rings is 1. The van der Waals surface area contributed by atoms with Gasteiger partial charge in [-0.05, 0) is 37.9 Å². The molecule has 0 amide bonds. The number of nitriles is 3. The molecule has 2 rings (SSSR count). The van der Waals surface area contributed by atoms with Crippen molar-refractivity contribution in [2.75, 3.05) is 5.32 Å². The summed E-state index contributed by atoms with van der Waals surface area (Å²) < 4.78 is 1.27. The predicted octanol–water partition coefficient (Wildman–Crippen LogP) is 3.32. The highest BCUT2D eigenvalue weighted by molar-refractivity contribution is 9.11. The summed E-state index contributed by atoms with van der Waals surface area (Å²) in [6.07, 6.45) is 1.54. The van der Waals surface area contributed by atoms with Crippen LogP contribution in [0.1, 0.15) is 0 Å². The number of nitrogens with zero attached hydrogens (tertiary/aromatic N) is 4. The molecule has 0 bridgehead atoms. The van der Waals surface area contributed by atoms with E-state index >= 15 is 0 Å². The Morgan fingerprint density at radius 2 is 1.90 bits per heavy atom. The quantitative estimate of drug-likeness (QED) is 0.762. The maximum Gasteiger partial charge on any atom is 0.163 e. The summed E-state index contributed by atoms with van der Waals surface area (Å²) in [6, 6.07) is 6.93. The molecule has 0 saturated heterocycles. The molecule has 1 heterocycles. The average molecular weight is 392 g/mol. The Labute approximate surface area is 130 Å². The summed E-state index contributed by atoms with van der Waals surface area (Å²) >= 11 is 6.76. The number of rotatable bonds is 2. The van der Waals surface area contributed by atoms with Gasteiger partial charge in [-0.15, -0.1) is 0 Å². The van der Waals surface area contributed by atoms with Gasteiger partial charge in [0.25, 0.3) is 0 Å². The molecule has 96 valence electrons. The molecule has 2 aromatic rings. The van der Waals surface area contributed by atoms with E-state index in [0.717, 1.165) is 5.52 Å². The zero-order valence-electron chi connectivity index (χ0n) is 9.70. The number of fused-ring (bicyclic) bond motifs is 1. The Bertz CT molecular complexity index is 828. The van der Waals surface area contributed by atoms with Crippen LogP contribution in [0.3, 0.4) is 0 Å². The maximum absolute atomic E-state index is 9.05. The molecule has 0 saturated carbocycles. The SMILES string of the molecule is N#CC(C#N)=C(C#N)Nc1c(Br)cc2[nH]cnc2c1Br. The number of nitrogens with one attached hydrogen (secondary N) is 2. The average Bonchev–Trinajstić information content (AvgIpc) is 2.90. The van der Waals surface area contributed by atoms with E-state index in [1.807, 2.05) is 0 Å². The molecule has 0 spiro atoms. The van der Waals surface area contributed by atoms with Gasteiger partial charge >= 0.3 is 0 Å². The Hall–Kier alpha value is -2.34. The van der Waals surface area contributed by atoms with E-state index in [2.05, 4.69) is 47.1 Å². The Kier molecular flexibility index (Phi) is 4.05. The van der Waals surface area contributed by atoms with Gasteiger partial charge in [0.2, 0.25) is 0 Å². The van der Waals surface area contributed by atoms with Gasteiger partial charge in [-0.2, -0.15) is 15.8 Å². The van der Waals surface area contributed by atoms with Crippen LogP contribution in [0.4, 0.5) is 5.69 Å². The molecular formula is C12H4Br2N6. The second kappa shape index (κ2) is 5.75. The summed E-state index contributed by atoms with van der Waals surface area (Å²) in [6.45, 7) is 0. The van der Waals surface area contributed by atoms with Crippen molar-refractivity contribution in [3.05, 3.63) is 32.6 Å². The molecule has 6 nitrogen and oxygen atoms in total. The molecule has 0 fully saturated rings. The lowest BCUT2D eigenvalue weighted by Crippen LogP contribution is -2.02. The van der Waals surface area contributed by atoms with E-state index in [-0.39, 0.29) is 11.3 Å². The molecule has 0 aliphatic carbocycles. The van der Waals surface area contributed by atoms with Crippen LogP contribution in [0.5, 0.6) is 0 Å². The highest BCUT2D eigenvalue weighted by Crippen LogP contribution is 2.37. The summed E-state index contributed by atoms with van der Waals surface area (Å²) in [5.74, 6) is 0. The standard InChI is InChI=1S/C12H4Br2N6/c13-7-1-8-12(19-5-18-8)10(14)11(7)20-9(4-17)6(2-15)3-16/h1,5,20H,(H,18,19). The molecule has 0 aliphatic rings. The van der Waals surface area contributed by atoms with Crippen molar-refractivity contribution in [3.8, 4) is 18.2 Å². The first-order chi connectivity index (χ1) is 9.62. The maximum atomic E-state index is 9.05. The number of anilines is 1. The van der Waals surface area contributed by atoms with Crippen molar-refractivity contribution in [2.24, 2.45) is 0 Å². The number of benzene rings is 1. The molecule has 0 unspecified atom stereocenters. The van der Waals surface area contributed by atoms with Crippen LogP contribution < -0.4 is 5.32 Å². The molecule has 20 heavy (non-hydrogen) atoms. The van der Waals surface area contributed by atoms with Crippen molar-refractivity contribution in [1.82, 2.24) is 9.97 Å². The predicted molar refractivity (Wildman–Crippen MR) is 79.0 cm³/mol. The Balaban J connectivity index is 2.61. The molecule has 1 aromatic carbocycles. The van der Waals surface area contributed by atoms with Crippen molar-refractivity contribution < 1.29 is 0 Å². The van der Waals surface area contributed by atoms with Crippen LogP contribution in [0.25, 0.3) is 11.0 Å². The number of allylic oxidation sites excluding steroid dienone is 2. The number of hydrogen-bond acceptors (Lipinski definition) is 5. The minimum atomic E-state index is -0.284. The van der Waals surface area contributed by atoms with Gasteiger partial charge in [-0.25, -0.2) is 4.98 Å². The van der Waals surface area contributed by atoms with Gasteiger partial charge < -0.3 is 10.3 Å². The van der Waals surface area contributed by atoms with Crippen molar-refractivity contribution in [3.63, 3.8) is 0 Å². The van der Waals surface area contributed by atoms with Crippen molar-refractivity contribution in [1.29, 1.82) is 15.8 Å². The zero-order chi connectivity index (χ0) is 14.7. The van der Waals surface area contributed by atoms with Gasteiger partial charge in [0, 0.05) is 4.47 Å². The van der Waals surface area contributed by atoms with E-state index in [1.54, 1.807) is 30.6 Å². The Morgan fingerprint density at radius 3 is 2.50 bits per heavy atom. The van der Waals surface area contributed by atoms with Gasteiger partial charge in [0.15, 0.2) is 5.57 Å². The summed E-state index contributed by atoms with van der Waals surface area (Å²) in [7, 11) is 0.